The van der Waals surface area contributed by atoms with Crippen LogP contribution in [0.3, 0.4) is 0 Å². The van der Waals surface area contributed by atoms with E-state index in [2.05, 4.69) is 4.74 Å². The average Bonchev–Trinajstić information content (AvgIpc) is 2.22. The van der Waals surface area contributed by atoms with Crippen LogP contribution in [0, 0.1) is 12.7 Å². The monoisotopic (exact) mass is 211 g/mol. The molecule has 3 nitrogen and oxygen atoms in total. The van der Waals surface area contributed by atoms with Crippen LogP contribution in [0.4, 0.5) is 4.39 Å². The summed E-state index contributed by atoms with van der Waals surface area (Å²) in [4.78, 5) is 11.4. The Kier molecular flexibility index (Phi) is 3.80. The predicted molar refractivity (Wildman–Crippen MR) is 54.9 cm³/mol. The molecule has 1 aromatic rings. The van der Waals surface area contributed by atoms with Gasteiger partial charge in [0.15, 0.2) is 0 Å². The van der Waals surface area contributed by atoms with Crippen LogP contribution in [-0.2, 0) is 9.53 Å². The number of carbonyl (C=O) groups is 1. The third-order valence-electron chi connectivity index (χ3n) is 2.34. The topological polar surface area (TPSA) is 52.3 Å². The van der Waals surface area contributed by atoms with E-state index >= 15 is 0 Å². The molecule has 0 saturated carbocycles. The summed E-state index contributed by atoms with van der Waals surface area (Å²) in [5, 5.41) is 0. The van der Waals surface area contributed by atoms with E-state index in [0.29, 0.717) is 11.1 Å². The number of ether oxygens (including phenoxy) is 1. The Hall–Kier alpha value is -1.42. The smallest absolute Gasteiger partial charge is 0.314 e. The largest absolute Gasteiger partial charge is 0.469 e. The van der Waals surface area contributed by atoms with Gasteiger partial charge in [0, 0.05) is 12.1 Å². The zero-order valence-electron chi connectivity index (χ0n) is 8.79. The van der Waals surface area contributed by atoms with Gasteiger partial charge in [-0.25, -0.2) is 4.39 Å². The standard InChI is InChI=1S/C11H14FNO2/c1-7-4-3-5-9(12)10(7)8(6-13)11(14)15-2/h3-5,8H,6,13H2,1-2H3. The summed E-state index contributed by atoms with van der Waals surface area (Å²) in [7, 11) is 1.27. The van der Waals surface area contributed by atoms with Gasteiger partial charge in [-0.2, -0.15) is 0 Å². The van der Waals surface area contributed by atoms with E-state index in [1.807, 2.05) is 0 Å². The van der Waals surface area contributed by atoms with Gasteiger partial charge in [0.25, 0.3) is 0 Å². The average molecular weight is 211 g/mol. The predicted octanol–water partition coefficient (Wildman–Crippen LogP) is 1.35. The Bertz CT molecular complexity index is 345. The summed E-state index contributed by atoms with van der Waals surface area (Å²) in [5.41, 5.74) is 6.48. The second-order valence-corrected chi connectivity index (χ2v) is 3.28. The van der Waals surface area contributed by atoms with Crippen molar-refractivity contribution in [1.29, 1.82) is 0 Å². The molecule has 4 heteroatoms. The molecule has 2 N–H and O–H groups in total. The molecule has 1 aromatic carbocycles. The van der Waals surface area contributed by atoms with Gasteiger partial charge in [-0.15, -0.1) is 0 Å². The number of esters is 1. The van der Waals surface area contributed by atoms with E-state index in [-0.39, 0.29) is 6.54 Å². The number of rotatable bonds is 3. The number of halogens is 1. The van der Waals surface area contributed by atoms with Crippen LogP contribution in [0.1, 0.15) is 17.0 Å². The number of methoxy groups -OCH3 is 1. The Morgan fingerprint density at radius 1 is 1.60 bits per heavy atom. The highest BCUT2D eigenvalue weighted by Crippen LogP contribution is 2.23. The molecule has 1 unspecified atom stereocenters. The lowest BCUT2D eigenvalue weighted by atomic mass is 9.94. The Balaban J connectivity index is 3.17. The van der Waals surface area contributed by atoms with E-state index in [0.717, 1.165) is 0 Å². The lowest BCUT2D eigenvalue weighted by Gasteiger charge is -2.15. The third kappa shape index (κ3) is 2.33. The van der Waals surface area contributed by atoms with Crippen molar-refractivity contribution in [3.8, 4) is 0 Å². The Labute approximate surface area is 88.0 Å². The van der Waals surface area contributed by atoms with Crippen LogP contribution in [-0.4, -0.2) is 19.6 Å². The van der Waals surface area contributed by atoms with Gasteiger partial charge < -0.3 is 10.5 Å². The second kappa shape index (κ2) is 4.89. The van der Waals surface area contributed by atoms with Crippen molar-refractivity contribution in [3.05, 3.63) is 35.1 Å². The molecule has 0 saturated heterocycles. The first-order valence-electron chi connectivity index (χ1n) is 4.64. The Morgan fingerprint density at radius 2 is 2.27 bits per heavy atom. The zero-order valence-corrected chi connectivity index (χ0v) is 8.79. The van der Waals surface area contributed by atoms with Gasteiger partial charge in [-0.05, 0) is 18.6 Å². The molecule has 0 amide bonds. The molecule has 0 spiro atoms. The zero-order chi connectivity index (χ0) is 11.4. The van der Waals surface area contributed by atoms with Crippen LogP contribution in [0.25, 0.3) is 0 Å². The number of hydrogen-bond acceptors (Lipinski definition) is 3. The number of benzene rings is 1. The summed E-state index contributed by atoms with van der Waals surface area (Å²) in [6, 6.07) is 4.65. The van der Waals surface area contributed by atoms with Crippen molar-refractivity contribution in [2.75, 3.05) is 13.7 Å². The first kappa shape index (κ1) is 11.7. The van der Waals surface area contributed by atoms with Crippen LogP contribution in [0.5, 0.6) is 0 Å². The van der Waals surface area contributed by atoms with Gasteiger partial charge in [0.2, 0.25) is 0 Å². The molecule has 0 aliphatic heterocycles. The minimum absolute atomic E-state index is 0.0362. The molecule has 0 aromatic heterocycles. The molecule has 0 heterocycles. The highest BCUT2D eigenvalue weighted by molar-refractivity contribution is 5.79. The highest BCUT2D eigenvalue weighted by Gasteiger charge is 2.24. The fourth-order valence-corrected chi connectivity index (χ4v) is 1.56. The summed E-state index contributed by atoms with van der Waals surface area (Å²) in [6.45, 7) is 1.78. The third-order valence-corrected chi connectivity index (χ3v) is 2.34. The van der Waals surface area contributed by atoms with Crippen molar-refractivity contribution >= 4 is 5.97 Å². The maximum Gasteiger partial charge on any atom is 0.314 e. The van der Waals surface area contributed by atoms with Crippen LogP contribution >= 0.6 is 0 Å². The van der Waals surface area contributed by atoms with E-state index in [4.69, 9.17) is 5.73 Å². The molecular formula is C11H14FNO2. The maximum absolute atomic E-state index is 13.5. The fourth-order valence-electron chi connectivity index (χ4n) is 1.56. The summed E-state index contributed by atoms with van der Waals surface area (Å²) >= 11 is 0. The quantitative estimate of drug-likeness (QED) is 0.768. The van der Waals surface area contributed by atoms with Crippen LogP contribution < -0.4 is 5.73 Å². The number of carbonyl (C=O) groups excluding carboxylic acids is 1. The number of aryl methyl sites for hydroxylation is 1. The van der Waals surface area contributed by atoms with Gasteiger partial charge in [-0.1, -0.05) is 12.1 Å². The lowest BCUT2D eigenvalue weighted by molar-refractivity contribution is -0.142. The first-order chi connectivity index (χ1) is 7.11. The van der Waals surface area contributed by atoms with Crippen molar-refractivity contribution in [1.82, 2.24) is 0 Å². The van der Waals surface area contributed by atoms with Crippen molar-refractivity contribution < 1.29 is 13.9 Å². The number of hydrogen-bond donors (Lipinski definition) is 1. The van der Waals surface area contributed by atoms with E-state index < -0.39 is 17.7 Å². The minimum Gasteiger partial charge on any atom is -0.469 e. The highest BCUT2D eigenvalue weighted by atomic mass is 19.1. The van der Waals surface area contributed by atoms with E-state index in [1.54, 1.807) is 19.1 Å². The molecule has 82 valence electrons. The summed E-state index contributed by atoms with van der Waals surface area (Å²) in [5.74, 6) is -1.65. The second-order valence-electron chi connectivity index (χ2n) is 3.28. The van der Waals surface area contributed by atoms with Gasteiger partial charge in [0.05, 0.1) is 13.0 Å². The Morgan fingerprint density at radius 3 is 2.73 bits per heavy atom. The molecule has 0 aliphatic rings. The fraction of sp³-hybridized carbons (Fsp3) is 0.364. The van der Waals surface area contributed by atoms with Crippen molar-refractivity contribution in [2.45, 2.75) is 12.8 Å². The molecule has 0 bridgehead atoms. The SMILES string of the molecule is COC(=O)C(CN)c1c(C)cccc1F. The first-order valence-corrected chi connectivity index (χ1v) is 4.64. The van der Waals surface area contributed by atoms with Crippen molar-refractivity contribution in [3.63, 3.8) is 0 Å². The van der Waals surface area contributed by atoms with Gasteiger partial charge >= 0.3 is 5.97 Å². The van der Waals surface area contributed by atoms with Gasteiger partial charge in [-0.3, -0.25) is 4.79 Å². The van der Waals surface area contributed by atoms with E-state index in [1.165, 1.54) is 13.2 Å². The molecular weight excluding hydrogens is 197 g/mol. The lowest BCUT2D eigenvalue weighted by Crippen LogP contribution is -2.24. The maximum atomic E-state index is 13.5. The normalized spacial score (nSPS) is 12.3. The molecule has 1 atom stereocenters. The molecule has 1 rings (SSSR count). The van der Waals surface area contributed by atoms with E-state index in [9.17, 15) is 9.18 Å². The summed E-state index contributed by atoms with van der Waals surface area (Å²) < 4.78 is 18.1. The van der Waals surface area contributed by atoms with Crippen molar-refractivity contribution in [2.24, 2.45) is 5.73 Å². The van der Waals surface area contributed by atoms with Crippen LogP contribution in [0.2, 0.25) is 0 Å². The minimum atomic E-state index is -0.726. The van der Waals surface area contributed by atoms with Gasteiger partial charge in [0.1, 0.15) is 5.82 Å². The molecule has 0 radical (unpaired) electrons. The molecule has 0 fully saturated rings. The molecule has 15 heavy (non-hydrogen) atoms. The molecule has 0 aliphatic carbocycles. The summed E-state index contributed by atoms with van der Waals surface area (Å²) in [6.07, 6.45) is 0. The van der Waals surface area contributed by atoms with Crippen LogP contribution in [0.15, 0.2) is 18.2 Å². The number of nitrogens with two attached hydrogens (primary N) is 1.